The second-order valence-corrected chi connectivity index (χ2v) is 6.37. The van der Waals surface area contributed by atoms with E-state index in [4.69, 9.17) is 16.1 Å². The van der Waals surface area contributed by atoms with Crippen molar-refractivity contribution in [2.45, 2.75) is 6.17 Å². The van der Waals surface area contributed by atoms with E-state index in [9.17, 15) is 0 Å². The Morgan fingerprint density at radius 2 is 2.19 bits per heavy atom. The molecule has 2 aliphatic rings. The van der Waals surface area contributed by atoms with Crippen LogP contribution in [0.15, 0.2) is 36.6 Å². The highest BCUT2D eigenvalue weighted by Gasteiger charge is 2.19. The van der Waals surface area contributed by atoms with Crippen LogP contribution >= 0.6 is 0 Å². The third-order valence-electron chi connectivity index (χ3n) is 4.59. The number of amidine groups is 1. The molecule has 140 valence electrons. The van der Waals surface area contributed by atoms with Crippen LogP contribution in [-0.4, -0.2) is 68.2 Å². The maximum absolute atomic E-state index is 7.60. The maximum Gasteiger partial charge on any atom is 0.129 e. The largest absolute Gasteiger partial charge is 0.374 e. The van der Waals surface area contributed by atoms with Crippen LogP contribution in [-0.2, 0) is 0 Å². The highest BCUT2D eigenvalue weighted by Crippen LogP contribution is 2.19. The first-order chi connectivity index (χ1) is 12.7. The lowest BCUT2D eigenvalue weighted by molar-refractivity contribution is 0.264. The number of anilines is 1. The predicted octanol–water partition coefficient (Wildman–Crippen LogP) is -0.268. The third kappa shape index (κ3) is 4.53. The lowest BCUT2D eigenvalue weighted by Crippen LogP contribution is -2.48. The van der Waals surface area contributed by atoms with Crippen molar-refractivity contribution in [2.75, 3.05) is 51.2 Å². The fourth-order valence-electron chi connectivity index (χ4n) is 3.08. The number of aromatic nitrogens is 1. The Bertz CT molecular complexity index is 676. The Hall–Kier alpha value is -2.58. The van der Waals surface area contributed by atoms with Crippen molar-refractivity contribution in [3.8, 4) is 0 Å². The Labute approximate surface area is 154 Å². The second-order valence-electron chi connectivity index (χ2n) is 6.37. The molecule has 1 unspecified atom stereocenters. The number of nitrogens with one attached hydrogen (secondary N) is 4. The topological polar surface area (TPSA) is 105 Å². The molecule has 8 nitrogen and oxygen atoms in total. The summed E-state index contributed by atoms with van der Waals surface area (Å²) in [5.41, 5.74) is 7.52. The van der Waals surface area contributed by atoms with Gasteiger partial charge in [0.15, 0.2) is 0 Å². The summed E-state index contributed by atoms with van der Waals surface area (Å²) in [5.74, 6) is 1.38. The molecule has 1 fully saturated rings. The van der Waals surface area contributed by atoms with Crippen molar-refractivity contribution in [2.24, 2.45) is 5.73 Å². The molecule has 0 amide bonds. The van der Waals surface area contributed by atoms with E-state index in [1.807, 2.05) is 24.4 Å². The molecule has 6 N–H and O–H groups in total. The van der Waals surface area contributed by atoms with Gasteiger partial charge in [-0.15, -0.1) is 0 Å². The molecule has 1 aromatic heterocycles. The first-order valence-electron chi connectivity index (χ1n) is 9.01. The zero-order valence-corrected chi connectivity index (χ0v) is 15.2. The zero-order chi connectivity index (χ0) is 18.4. The summed E-state index contributed by atoms with van der Waals surface area (Å²) < 4.78 is 0. The molecule has 0 aromatic carbocycles. The Balaban J connectivity index is 1.60. The molecule has 0 bridgehead atoms. The molecule has 0 spiro atoms. The number of piperazine rings is 1. The van der Waals surface area contributed by atoms with Gasteiger partial charge in [-0.25, -0.2) is 4.98 Å². The number of rotatable bonds is 6. The predicted molar refractivity (Wildman–Crippen MR) is 106 cm³/mol. The third-order valence-corrected chi connectivity index (χ3v) is 4.59. The summed E-state index contributed by atoms with van der Waals surface area (Å²) in [6.45, 7) is 5.66. The molecule has 1 saturated heterocycles. The van der Waals surface area contributed by atoms with Crippen LogP contribution in [0.1, 0.15) is 5.69 Å². The lowest BCUT2D eigenvalue weighted by Gasteiger charge is -2.35. The van der Waals surface area contributed by atoms with E-state index in [1.54, 1.807) is 13.1 Å². The minimum Gasteiger partial charge on any atom is -0.374 e. The standard InChI is InChI=1S/C18H28N8/c1-21-16(20)5-6-17-22-13-15(23-17)14-3-2-4-18(24-14)26-11-9-25(8-7-19)10-12-26/h2-6,13,17,22-23H,7-12,19H2,1H3,(H2,20,21)/b6-5-. The molecule has 26 heavy (non-hydrogen) atoms. The van der Waals surface area contributed by atoms with Gasteiger partial charge in [-0.2, -0.15) is 0 Å². The van der Waals surface area contributed by atoms with Crippen LogP contribution < -0.4 is 26.6 Å². The van der Waals surface area contributed by atoms with Gasteiger partial charge in [-0.3, -0.25) is 10.3 Å². The lowest BCUT2D eigenvalue weighted by atomic mass is 10.2. The highest BCUT2D eigenvalue weighted by molar-refractivity contribution is 5.89. The summed E-state index contributed by atoms with van der Waals surface area (Å²) in [4.78, 5) is 9.55. The highest BCUT2D eigenvalue weighted by atomic mass is 15.3. The fourth-order valence-corrected chi connectivity index (χ4v) is 3.08. The average Bonchev–Trinajstić information content (AvgIpc) is 3.16. The summed E-state index contributed by atoms with van der Waals surface area (Å²) in [6.07, 6.45) is 5.53. The van der Waals surface area contributed by atoms with Crippen LogP contribution in [0.25, 0.3) is 5.70 Å². The van der Waals surface area contributed by atoms with E-state index >= 15 is 0 Å². The number of hydrogen-bond donors (Lipinski definition) is 5. The van der Waals surface area contributed by atoms with E-state index in [0.717, 1.165) is 49.9 Å². The molecule has 1 aromatic rings. The molecule has 8 heteroatoms. The van der Waals surface area contributed by atoms with Crippen LogP contribution in [0.2, 0.25) is 0 Å². The summed E-state index contributed by atoms with van der Waals surface area (Å²) >= 11 is 0. The van der Waals surface area contributed by atoms with Gasteiger partial charge in [0.25, 0.3) is 0 Å². The van der Waals surface area contributed by atoms with Gasteiger partial charge in [-0.05, 0) is 24.3 Å². The molecular weight excluding hydrogens is 328 g/mol. The number of pyridine rings is 1. The van der Waals surface area contributed by atoms with Gasteiger partial charge in [0.05, 0.1) is 11.4 Å². The van der Waals surface area contributed by atoms with E-state index in [1.165, 1.54) is 0 Å². The van der Waals surface area contributed by atoms with E-state index in [0.29, 0.717) is 12.4 Å². The number of likely N-dealkylation sites (N-methyl/N-ethyl adjacent to an activating group) is 1. The first-order valence-corrected chi connectivity index (χ1v) is 9.01. The molecule has 0 aliphatic carbocycles. The Morgan fingerprint density at radius 1 is 1.38 bits per heavy atom. The van der Waals surface area contributed by atoms with Gasteiger partial charge < -0.3 is 26.6 Å². The number of nitrogens with zero attached hydrogens (tertiary/aromatic N) is 3. The minimum atomic E-state index is -0.0380. The van der Waals surface area contributed by atoms with E-state index in [2.05, 4.69) is 31.8 Å². The smallest absolute Gasteiger partial charge is 0.129 e. The van der Waals surface area contributed by atoms with Crippen molar-refractivity contribution < 1.29 is 0 Å². The van der Waals surface area contributed by atoms with Crippen molar-refractivity contribution in [1.29, 1.82) is 5.41 Å². The Morgan fingerprint density at radius 3 is 2.92 bits per heavy atom. The quantitative estimate of drug-likeness (QED) is 0.353. The van der Waals surface area contributed by atoms with Gasteiger partial charge in [0, 0.05) is 52.5 Å². The molecule has 1 atom stereocenters. The zero-order valence-electron chi connectivity index (χ0n) is 15.2. The molecule has 3 heterocycles. The number of nitrogens with two attached hydrogens (primary N) is 1. The second kappa shape index (κ2) is 8.68. The van der Waals surface area contributed by atoms with Gasteiger partial charge in [0.2, 0.25) is 0 Å². The average molecular weight is 356 g/mol. The molecular formula is C18H28N8. The monoisotopic (exact) mass is 356 g/mol. The summed E-state index contributed by atoms with van der Waals surface area (Å²) in [6, 6.07) is 6.12. The Kier molecular flexibility index (Phi) is 6.08. The van der Waals surface area contributed by atoms with Gasteiger partial charge in [-0.1, -0.05) is 6.07 Å². The van der Waals surface area contributed by atoms with Crippen LogP contribution in [0.3, 0.4) is 0 Å². The fraction of sp³-hybridized carbons (Fsp3) is 0.444. The van der Waals surface area contributed by atoms with Crippen molar-refractivity contribution in [3.63, 3.8) is 0 Å². The van der Waals surface area contributed by atoms with Crippen LogP contribution in [0.4, 0.5) is 5.82 Å². The maximum atomic E-state index is 7.60. The normalized spacial score (nSPS) is 20.6. The van der Waals surface area contributed by atoms with E-state index in [-0.39, 0.29) is 6.17 Å². The van der Waals surface area contributed by atoms with Crippen molar-refractivity contribution >= 4 is 17.4 Å². The summed E-state index contributed by atoms with van der Waals surface area (Å²) in [5, 5.41) is 17.0. The van der Waals surface area contributed by atoms with E-state index < -0.39 is 0 Å². The minimum absolute atomic E-state index is 0.0380. The summed E-state index contributed by atoms with van der Waals surface area (Å²) in [7, 11) is 1.73. The van der Waals surface area contributed by atoms with Gasteiger partial charge in [0.1, 0.15) is 17.8 Å². The molecule has 0 saturated carbocycles. The molecule has 2 aliphatic heterocycles. The van der Waals surface area contributed by atoms with Crippen molar-refractivity contribution in [1.82, 2.24) is 25.8 Å². The first kappa shape index (κ1) is 18.2. The van der Waals surface area contributed by atoms with Crippen LogP contribution in [0.5, 0.6) is 0 Å². The number of hydrogen-bond acceptors (Lipinski definition) is 7. The van der Waals surface area contributed by atoms with Crippen LogP contribution in [0, 0.1) is 5.41 Å². The van der Waals surface area contributed by atoms with Crippen molar-refractivity contribution in [3.05, 3.63) is 42.2 Å². The SMILES string of the molecule is CNC(=N)/C=C\C1NC=C(c2cccc(N3CCN(CCN)CC3)n2)N1. The molecule has 3 rings (SSSR count). The van der Waals surface area contributed by atoms with Gasteiger partial charge >= 0.3 is 0 Å². The molecule has 0 radical (unpaired) electrons.